The first-order valence-corrected chi connectivity index (χ1v) is 10.7. The van der Waals surface area contributed by atoms with Gasteiger partial charge in [0.05, 0.1) is 32.2 Å². The number of carbonyl (C=O) groups excluding carboxylic acids is 2. The van der Waals surface area contributed by atoms with E-state index in [9.17, 15) is 9.59 Å². The van der Waals surface area contributed by atoms with Gasteiger partial charge in [-0.15, -0.1) is 11.3 Å². The number of rotatable bonds is 5. The minimum Gasteiger partial charge on any atom is -0.350 e. The smallest absolute Gasteiger partial charge is 0.240 e. The van der Waals surface area contributed by atoms with Crippen LogP contribution in [0.4, 0.5) is 11.4 Å². The summed E-state index contributed by atoms with van der Waals surface area (Å²) in [5.41, 5.74) is 3.06. The summed E-state index contributed by atoms with van der Waals surface area (Å²) in [5, 5.41) is 2.89. The van der Waals surface area contributed by atoms with E-state index in [1.807, 2.05) is 66.7 Å². The molecule has 1 aliphatic heterocycles. The van der Waals surface area contributed by atoms with Crippen molar-refractivity contribution in [3.63, 3.8) is 0 Å². The van der Waals surface area contributed by atoms with Crippen molar-refractivity contribution in [2.24, 2.45) is 4.99 Å². The molecule has 1 N–H and O–H groups in total. The van der Waals surface area contributed by atoms with E-state index in [2.05, 4.69) is 21.2 Å². The summed E-state index contributed by atoms with van der Waals surface area (Å²) < 4.78 is 0.984. The van der Waals surface area contributed by atoms with Gasteiger partial charge in [0.25, 0.3) is 0 Å². The molecule has 7 heteroatoms. The fourth-order valence-corrected chi connectivity index (χ4v) is 4.50. The Morgan fingerprint density at radius 2 is 1.83 bits per heavy atom. The highest BCUT2D eigenvalue weighted by atomic mass is 79.9. The summed E-state index contributed by atoms with van der Waals surface area (Å²) in [4.78, 5) is 32.8. The van der Waals surface area contributed by atoms with Gasteiger partial charge in [-0.1, -0.05) is 42.5 Å². The molecule has 2 aromatic carbocycles. The third kappa shape index (κ3) is 4.63. The van der Waals surface area contributed by atoms with Crippen LogP contribution in [0.25, 0.3) is 0 Å². The predicted octanol–water partition coefficient (Wildman–Crippen LogP) is 4.68. The van der Waals surface area contributed by atoms with Gasteiger partial charge in [-0.05, 0) is 45.8 Å². The minimum atomic E-state index is -0.209. The average molecular weight is 468 g/mol. The Hall–Kier alpha value is -2.77. The number of amides is 2. The standard InChI is InChI=1S/C22H18BrN3O2S/c23-20-11-10-19(29-20)17-12-22(28)26(18-9-5-4-8-16(18)25-17)14-21(27)24-13-15-6-2-1-3-7-15/h1-11H,12-14H2,(H,24,27). The van der Waals surface area contributed by atoms with E-state index in [0.29, 0.717) is 23.6 Å². The molecular formula is C22H18BrN3O2S. The van der Waals surface area contributed by atoms with Crippen LogP contribution in [0.3, 0.4) is 0 Å². The third-order valence-corrected chi connectivity index (χ3v) is 6.21. The second-order valence-electron chi connectivity index (χ2n) is 6.57. The molecule has 0 unspecified atom stereocenters. The van der Waals surface area contributed by atoms with Gasteiger partial charge >= 0.3 is 0 Å². The molecule has 0 atom stereocenters. The quantitative estimate of drug-likeness (QED) is 0.591. The van der Waals surface area contributed by atoms with Crippen molar-refractivity contribution in [3.8, 4) is 0 Å². The molecule has 5 nitrogen and oxygen atoms in total. The second kappa shape index (κ2) is 8.71. The molecule has 1 aliphatic rings. The number of hydrogen-bond acceptors (Lipinski definition) is 4. The number of aliphatic imine (C=N–C) groups is 1. The molecule has 2 amide bonds. The third-order valence-electron chi connectivity index (χ3n) is 4.54. The van der Waals surface area contributed by atoms with Gasteiger partial charge in [0.15, 0.2) is 0 Å². The topological polar surface area (TPSA) is 61.8 Å². The first kappa shape index (κ1) is 19.5. The summed E-state index contributed by atoms with van der Waals surface area (Å²) in [5.74, 6) is -0.354. The Labute approximate surface area is 181 Å². The molecule has 29 heavy (non-hydrogen) atoms. The highest BCUT2D eigenvalue weighted by Crippen LogP contribution is 2.34. The molecule has 146 valence electrons. The highest BCUT2D eigenvalue weighted by molar-refractivity contribution is 9.11. The summed E-state index contributed by atoms with van der Waals surface area (Å²) in [7, 11) is 0. The van der Waals surface area contributed by atoms with Crippen LogP contribution >= 0.6 is 27.3 Å². The van der Waals surface area contributed by atoms with Crippen LogP contribution in [0.1, 0.15) is 16.9 Å². The van der Waals surface area contributed by atoms with Gasteiger partial charge in [-0.3, -0.25) is 9.59 Å². The van der Waals surface area contributed by atoms with Gasteiger partial charge < -0.3 is 10.2 Å². The Morgan fingerprint density at radius 3 is 2.59 bits per heavy atom. The molecule has 2 heterocycles. The average Bonchev–Trinajstić information content (AvgIpc) is 3.12. The number of halogens is 1. The van der Waals surface area contributed by atoms with E-state index in [0.717, 1.165) is 14.2 Å². The molecule has 1 aromatic heterocycles. The van der Waals surface area contributed by atoms with Gasteiger partial charge in [0.2, 0.25) is 11.8 Å². The van der Waals surface area contributed by atoms with Crippen molar-refractivity contribution in [3.05, 3.63) is 81.0 Å². The monoisotopic (exact) mass is 467 g/mol. The van der Waals surface area contributed by atoms with Crippen LogP contribution in [0, 0.1) is 0 Å². The predicted molar refractivity (Wildman–Crippen MR) is 120 cm³/mol. The minimum absolute atomic E-state index is 0.0420. The Balaban J connectivity index is 1.54. The van der Waals surface area contributed by atoms with E-state index >= 15 is 0 Å². The summed E-state index contributed by atoms with van der Waals surface area (Å²) in [6.07, 6.45) is 0.146. The fraction of sp³-hybridized carbons (Fsp3) is 0.136. The lowest BCUT2D eigenvalue weighted by atomic mass is 10.2. The number of para-hydroxylation sites is 2. The normalized spacial score (nSPS) is 13.5. The number of hydrogen-bond donors (Lipinski definition) is 1. The Kier molecular flexibility index (Phi) is 5.87. The first-order valence-electron chi connectivity index (χ1n) is 9.13. The van der Waals surface area contributed by atoms with Crippen LogP contribution in [-0.2, 0) is 16.1 Å². The summed E-state index contributed by atoms with van der Waals surface area (Å²) in [6, 6.07) is 21.0. The van der Waals surface area contributed by atoms with Crippen molar-refractivity contribution < 1.29 is 9.59 Å². The fourth-order valence-electron chi connectivity index (χ4n) is 3.13. The maximum Gasteiger partial charge on any atom is 0.240 e. The number of anilines is 1. The SMILES string of the molecule is O=C(CN1C(=O)CC(c2ccc(Br)s2)=Nc2ccccc21)NCc1ccccc1. The molecule has 0 bridgehead atoms. The maximum atomic E-state index is 13.0. The molecule has 0 aliphatic carbocycles. The lowest BCUT2D eigenvalue weighted by Crippen LogP contribution is -2.40. The molecule has 3 aromatic rings. The van der Waals surface area contributed by atoms with Crippen LogP contribution in [-0.4, -0.2) is 24.1 Å². The zero-order chi connectivity index (χ0) is 20.2. The summed E-state index contributed by atoms with van der Waals surface area (Å²) in [6.45, 7) is 0.383. The van der Waals surface area contributed by atoms with Crippen LogP contribution < -0.4 is 10.2 Å². The molecule has 0 radical (unpaired) electrons. The van der Waals surface area contributed by atoms with E-state index in [4.69, 9.17) is 4.99 Å². The number of fused-ring (bicyclic) bond motifs is 1. The van der Waals surface area contributed by atoms with E-state index in [1.165, 1.54) is 16.2 Å². The van der Waals surface area contributed by atoms with Crippen molar-refractivity contribution in [1.82, 2.24) is 5.32 Å². The van der Waals surface area contributed by atoms with Crippen molar-refractivity contribution in [1.29, 1.82) is 0 Å². The number of benzene rings is 2. The van der Waals surface area contributed by atoms with Crippen LogP contribution in [0.15, 0.2) is 75.5 Å². The zero-order valence-corrected chi connectivity index (χ0v) is 17.9. The van der Waals surface area contributed by atoms with Crippen molar-refractivity contribution >= 4 is 56.2 Å². The highest BCUT2D eigenvalue weighted by Gasteiger charge is 2.27. The molecule has 0 saturated carbocycles. The number of thiophene rings is 1. The number of nitrogens with zero attached hydrogens (tertiary/aromatic N) is 2. The van der Waals surface area contributed by atoms with E-state index in [-0.39, 0.29) is 24.8 Å². The lowest BCUT2D eigenvalue weighted by Gasteiger charge is -2.21. The van der Waals surface area contributed by atoms with Crippen molar-refractivity contribution in [2.45, 2.75) is 13.0 Å². The molecule has 0 spiro atoms. The molecule has 4 rings (SSSR count). The van der Waals surface area contributed by atoms with Gasteiger partial charge in [0, 0.05) is 6.54 Å². The van der Waals surface area contributed by atoms with E-state index < -0.39 is 0 Å². The lowest BCUT2D eigenvalue weighted by molar-refractivity contribution is -0.123. The maximum absolute atomic E-state index is 13.0. The van der Waals surface area contributed by atoms with Gasteiger partial charge in [-0.25, -0.2) is 4.99 Å². The largest absolute Gasteiger partial charge is 0.350 e. The van der Waals surface area contributed by atoms with Crippen LogP contribution in [0.5, 0.6) is 0 Å². The first-order chi connectivity index (χ1) is 14.1. The van der Waals surface area contributed by atoms with Gasteiger partial charge in [0.1, 0.15) is 6.54 Å². The van der Waals surface area contributed by atoms with E-state index in [1.54, 1.807) is 0 Å². The Morgan fingerprint density at radius 1 is 1.07 bits per heavy atom. The second-order valence-corrected chi connectivity index (χ2v) is 9.03. The number of carbonyl (C=O) groups is 2. The Bertz CT molecular complexity index is 1080. The summed E-state index contributed by atoms with van der Waals surface area (Å²) >= 11 is 5.00. The van der Waals surface area contributed by atoms with Crippen molar-refractivity contribution in [2.75, 3.05) is 11.4 Å². The molecular weight excluding hydrogens is 450 g/mol. The molecule has 0 fully saturated rings. The van der Waals surface area contributed by atoms with Crippen LogP contribution in [0.2, 0.25) is 0 Å². The zero-order valence-electron chi connectivity index (χ0n) is 15.5. The van der Waals surface area contributed by atoms with Gasteiger partial charge in [-0.2, -0.15) is 0 Å². The number of nitrogens with one attached hydrogen (secondary N) is 1. The molecule has 0 saturated heterocycles.